The number of rotatable bonds is 1. The summed E-state index contributed by atoms with van der Waals surface area (Å²) in [5.74, 6) is 0.213. The molecule has 19 heavy (non-hydrogen) atoms. The van der Waals surface area contributed by atoms with Gasteiger partial charge in [-0.05, 0) is 33.0 Å². The monoisotopic (exact) mass is 271 g/mol. The zero-order valence-electron chi connectivity index (χ0n) is 13.5. The van der Waals surface area contributed by atoms with E-state index in [0.717, 1.165) is 19.6 Å². The van der Waals surface area contributed by atoms with Crippen LogP contribution in [0.25, 0.3) is 0 Å². The van der Waals surface area contributed by atoms with Crippen LogP contribution in [0.3, 0.4) is 0 Å². The molecule has 2 saturated heterocycles. The third-order valence-electron chi connectivity index (χ3n) is 3.55. The molecule has 2 fully saturated rings. The number of carbonyl (C=O) groups excluding carboxylic acids is 1. The van der Waals surface area contributed by atoms with Gasteiger partial charge in [0, 0.05) is 32.1 Å². The van der Waals surface area contributed by atoms with Crippen molar-refractivity contribution in [2.45, 2.75) is 53.0 Å². The fraction of sp³-hybridized carbons (Fsp3) is 0.933. The number of hydrogen-bond acceptors (Lipinski definition) is 3. The van der Waals surface area contributed by atoms with Crippen LogP contribution in [0.2, 0.25) is 0 Å². The second-order valence-corrected chi connectivity index (χ2v) is 4.67. The molecule has 114 valence electrons. The third-order valence-corrected chi connectivity index (χ3v) is 3.55. The molecule has 2 aliphatic rings. The molecule has 2 rings (SSSR count). The fourth-order valence-corrected chi connectivity index (χ4v) is 2.51. The Kier molecular flexibility index (Phi) is 10.9. The third kappa shape index (κ3) is 6.92. The van der Waals surface area contributed by atoms with Crippen molar-refractivity contribution in [1.82, 2.24) is 15.1 Å². The number of likely N-dealkylation sites (tertiary alicyclic amines) is 1. The van der Waals surface area contributed by atoms with Gasteiger partial charge >= 0.3 is 0 Å². The van der Waals surface area contributed by atoms with Crippen molar-refractivity contribution in [3.8, 4) is 0 Å². The highest BCUT2D eigenvalue weighted by molar-refractivity contribution is 5.76. The minimum absolute atomic E-state index is 0.213. The summed E-state index contributed by atoms with van der Waals surface area (Å²) in [4.78, 5) is 16.1. The predicted molar refractivity (Wildman–Crippen MR) is 82.4 cm³/mol. The maximum absolute atomic E-state index is 11.2. The molecule has 0 saturated carbocycles. The predicted octanol–water partition coefficient (Wildman–Crippen LogP) is 1.95. The van der Waals surface area contributed by atoms with Crippen molar-refractivity contribution >= 4 is 5.91 Å². The first-order valence-electron chi connectivity index (χ1n) is 7.95. The quantitative estimate of drug-likeness (QED) is 0.792. The van der Waals surface area contributed by atoms with E-state index in [1.807, 2.05) is 27.7 Å². The number of hydrogen-bond donors (Lipinski definition) is 1. The summed E-state index contributed by atoms with van der Waals surface area (Å²) in [7, 11) is 2.18. The van der Waals surface area contributed by atoms with E-state index < -0.39 is 0 Å². The maximum atomic E-state index is 11.2. The molecule has 0 aromatic heterocycles. The lowest BCUT2D eigenvalue weighted by atomic mass is 10.0. The molecule has 2 heterocycles. The molecule has 2 aliphatic heterocycles. The average Bonchev–Trinajstić information content (AvgIpc) is 2.69. The Labute approximate surface area is 119 Å². The van der Waals surface area contributed by atoms with Crippen molar-refractivity contribution in [3.63, 3.8) is 0 Å². The van der Waals surface area contributed by atoms with Crippen molar-refractivity contribution in [2.24, 2.45) is 0 Å². The average molecular weight is 271 g/mol. The summed E-state index contributed by atoms with van der Waals surface area (Å²) >= 11 is 0. The highest BCUT2D eigenvalue weighted by atomic mass is 16.1. The molecule has 1 N–H and O–H groups in total. The SMILES string of the molecule is CC.CC.CN1CCC(N2CCNC(=O)CC2)CC1. The van der Waals surface area contributed by atoms with Crippen LogP contribution >= 0.6 is 0 Å². The Bertz CT molecular complexity index is 225. The summed E-state index contributed by atoms with van der Waals surface area (Å²) in [6.45, 7) is 13.2. The summed E-state index contributed by atoms with van der Waals surface area (Å²) in [5.41, 5.74) is 0. The van der Waals surface area contributed by atoms with Crippen LogP contribution in [0, 0.1) is 0 Å². The zero-order chi connectivity index (χ0) is 14.7. The van der Waals surface area contributed by atoms with Crippen molar-refractivity contribution < 1.29 is 4.79 Å². The Morgan fingerprint density at radius 1 is 1.00 bits per heavy atom. The minimum Gasteiger partial charge on any atom is -0.355 e. The number of carbonyl (C=O) groups is 1. The summed E-state index contributed by atoms with van der Waals surface area (Å²) in [5, 5.41) is 2.93. The van der Waals surface area contributed by atoms with Crippen LogP contribution in [-0.4, -0.2) is 61.5 Å². The molecular weight excluding hydrogens is 238 g/mol. The molecule has 0 unspecified atom stereocenters. The van der Waals surface area contributed by atoms with Gasteiger partial charge in [-0.3, -0.25) is 9.69 Å². The van der Waals surface area contributed by atoms with Gasteiger partial charge in [-0.1, -0.05) is 27.7 Å². The van der Waals surface area contributed by atoms with Crippen molar-refractivity contribution in [2.75, 3.05) is 39.8 Å². The molecule has 0 aromatic carbocycles. The van der Waals surface area contributed by atoms with E-state index in [9.17, 15) is 4.79 Å². The standard InChI is InChI=1S/C11H21N3O.2C2H6/c1-13-6-2-10(3-7-13)14-8-4-11(15)12-5-9-14;2*1-2/h10H,2-9H2,1H3,(H,12,15);2*1-2H3. The van der Waals surface area contributed by atoms with Gasteiger partial charge in [-0.25, -0.2) is 0 Å². The van der Waals surface area contributed by atoms with Gasteiger partial charge in [-0.15, -0.1) is 0 Å². The molecule has 0 radical (unpaired) electrons. The van der Waals surface area contributed by atoms with Gasteiger partial charge < -0.3 is 10.2 Å². The summed E-state index contributed by atoms with van der Waals surface area (Å²) in [6.07, 6.45) is 3.18. The van der Waals surface area contributed by atoms with Gasteiger partial charge in [0.25, 0.3) is 0 Å². The Morgan fingerprint density at radius 3 is 2.16 bits per heavy atom. The second kappa shape index (κ2) is 11.2. The van der Waals surface area contributed by atoms with E-state index in [1.165, 1.54) is 25.9 Å². The van der Waals surface area contributed by atoms with Crippen molar-refractivity contribution in [1.29, 1.82) is 0 Å². The van der Waals surface area contributed by atoms with Gasteiger partial charge in [-0.2, -0.15) is 0 Å². The van der Waals surface area contributed by atoms with E-state index in [0.29, 0.717) is 12.5 Å². The Hall–Kier alpha value is -0.610. The number of amides is 1. The highest BCUT2D eigenvalue weighted by Crippen LogP contribution is 2.16. The lowest BCUT2D eigenvalue weighted by Gasteiger charge is -2.36. The Morgan fingerprint density at radius 2 is 1.58 bits per heavy atom. The van der Waals surface area contributed by atoms with Gasteiger partial charge in [0.05, 0.1) is 0 Å². The second-order valence-electron chi connectivity index (χ2n) is 4.67. The van der Waals surface area contributed by atoms with E-state index in [-0.39, 0.29) is 5.91 Å². The van der Waals surface area contributed by atoms with Crippen LogP contribution in [0.4, 0.5) is 0 Å². The van der Waals surface area contributed by atoms with E-state index in [2.05, 4.69) is 22.2 Å². The molecule has 0 spiro atoms. The van der Waals surface area contributed by atoms with Crippen LogP contribution in [0.1, 0.15) is 47.0 Å². The molecule has 0 aromatic rings. The van der Waals surface area contributed by atoms with E-state index >= 15 is 0 Å². The maximum Gasteiger partial charge on any atom is 0.221 e. The van der Waals surface area contributed by atoms with Gasteiger partial charge in [0.2, 0.25) is 5.91 Å². The van der Waals surface area contributed by atoms with Gasteiger partial charge in [0.1, 0.15) is 0 Å². The van der Waals surface area contributed by atoms with Crippen LogP contribution < -0.4 is 5.32 Å². The topological polar surface area (TPSA) is 35.6 Å². The lowest BCUT2D eigenvalue weighted by molar-refractivity contribution is -0.120. The van der Waals surface area contributed by atoms with Crippen LogP contribution in [-0.2, 0) is 4.79 Å². The molecule has 4 nitrogen and oxygen atoms in total. The molecular formula is C15H33N3O. The highest BCUT2D eigenvalue weighted by Gasteiger charge is 2.24. The number of piperidine rings is 1. The van der Waals surface area contributed by atoms with E-state index in [4.69, 9.17) is 0 Å². The first-order valence-corrected chi connectivity index (χ1v) is 7.95. The smallest absolute Gasteiger partial charge is 0.221 e. The number of nitrogens with one attached hydrogen (secondary N) is 1. The van der Waals surface area contributed by atoms with Gasteiger partial charge in [0.15, 0.2) is 0 Å². The zero-order valence-corrected chi connectivity index (χ0v) is 13.5. The van der Waals surface area contributed by atoms with E-state index in [1.54, 1.807) is 0 Å². The first-order chi connectivity index (χ1) is 9.25. The van der Waals surface area contributed by atoms with Crippen LogP contribution in [0.15, 0.2) is 0 Å². The lowest BCUT2D eigenvalue weighted by Crippen LogP contribution is -2.44. The number of nitrogens with zero attached hydrogens (tertiary/aromatic N) is 2. The van der Waals surface area contributed by atoms with Crippen molar-refractivity contribution in [3.05, 3.63) is 0 Å². The molecule has 0 atom stereocenters. The summed E-state index contributed by atoms with van der Waals surface area (Å²) in [6, 6.07) is 0.703. The molecule has 1 amide bonds. The normalized spacial score (nSPS) is 22.3. The largest absolute Gasteiger partial charge is 0.355 e. The fourth-order valence-electron chi connectivity index (χ4n) is 2.51. The minimum atomic E-state index is 0.213. The summed E-state index contributed by atoms with van der Waals surface area (Å²) < 4.78 is 0. The molecule has 0 aliphatic carbocycles. The van der Waals surface area contributed by atoms with Crippen LogP contribution in [0.5, 0.6) is 0 Å². The molecule has 0 bridgehead atoms. The Balaban J connectivity index is 0.000000741. The molecule has 4 heteroatoms. The first kappa shape index (κ1) is 18.4.